The van der Waals surface area contributed by atoms with Gasteiger partial charge in [-0.05, 0) is 61.1 Å². The maximum Gasteiger partial charge on any atom is 0.247 e. The average Bonchev–Trinajstić information content (AvgIpc) is 3.04. The summed E-state index contributed by atoms with van der Waals surface area (Å²) in [5, 5.41) is 2.12. The van der Waals surface area contributed by atoms with Crippen molar-refractivity contribution in [2.24, 2.45) is 0 Å². The summed E-state index contributed by atoms with van der Waals surface area (Å²) in [7, 11) is 0. The summed E-state index contributed by atoms with van der Waals surface area (Å²) in [6.07, 6.45) is 4.50. The van der Waals surface area contributed by atoms with E-state index < -0.39 is 0 Å². The van der Waals surface area contributed by atoms with Crippen LogP contribution in [-0.4, -0.2) is 24.0 Å². The lowest BCUT2D eigenvalue weighted by Crippen LogP contribution is -2.37. The number of rotatable bonds is 4. The molecule has 1 aliphatic rings. The van der Waals surface area contributed by atoms with Gasteiger partial charge in [-0.3, -0.25) is 4.79 Å². The van der Waals surface area contributed by atoms with Crippen LogP contribution in [0.5, 0.6) is 5.75 Å². The first-order valence-electron chi connectivity index (χ1n) is 7.97. The Morgan fingerprint density at radius 3 is 2.87 bits per heavy atom. The Balaban J connectivity index is 1.67. The molecule has 1 aromatic heterocycles. The van der Waals surface area contributed by atoms with E-state index in [-0.39, 0.29) is 11.9 Å². The molecule has 0 bridgehead atoms. The topological polar surface area (TPSA) is 29.5 Å². The second-order valence-corrected chi connectivity index (χ2v) is 6.59. The highest BCUT2D eigenvalue weighted by molar-refractivity contribution is 7.10. The average molecular weight is 327 g/mol. The Kier molecular flexibility index (Phi) is 4.82. The van der Waals surface area contributed by atoms with Crippen molar-refractivity contribution in [2.75, 3.05) is 13.2 Å². The molecule has 1 aliphatic heterocycles. The zero-order valence-electron chi connectivity index (χ0n) is 13.5. The normalized spacial score (nSPS) is 17.3. The molecular weight excluding hydrogens is 306 g/mol. The summed E-state index contributed by atoms with van der Waals surface area (Å²) in [5.41, 5.74) is 2.30. The molecule has 0 saturated carbocycles. The number of thiophene rings is 1. The molecule has 3 nitrogen and oxygen atoms in total. The number of carbonyl (C=O) groups excluding carboxylic acids is 1. The molecule has 1 amide bonds. The Bertz CT molecular complexity index is 702. The minimum Gasteiger partial charge on any atom is -0.494 e. The minimum absolute atomic E-state index is 0.0724. The Morgan fingerprint density at radius 1 is 1.35 bits per heavy atom. The first-order chi connectivity index (χ1) is 11.2. The fourth-order valence-electron chi connectivity index (χ4n) is 2.92. The third-order valence-electron chi connectivity index (χ3n) is 4.17. The van der Waals surface area contributed by atoms with E-state index in [2.05, 4.69) is 18.4 Å². The van der Waals surface area contributed by atoms with E-state index in [1.165, 1.54) is 10.4 Å². The maximum atomic E-state index is 12.5. The lowest BCUT2D eigenvalue weighted by atomic mass is 10.0. The highest BCUT2D eigenvalue weighted by Gasteiger charge is 2.26. The molecule has 0 N–H and O–H groups in total. The van der Waals surface area contributed by atoms with Gasteiger partial charge in [-0.15, -0.1) is 11.3 Å². The third kappa shape index (κ3) is 3.48. The van der Waals surface area contributed by atoms with Crippen molar-refractivity contribution in [1.82, 2.24) is 4.90 Å². The van der Waals surface area contributed by atoms with Gasteiger partial charge in [0.05, 0.1) is 12.6 Å². The first kappa shape index (κ1) is 15.8. The molecule has 3 rings (SSSR count). The molecule has 0 aliphatic carbocycles. The SMILES string of the molecule is CCOc1ccc(/C=C/C(=O)N2CCc3sccc3[C@H]2C)cc1. The summed E-state index contributed by atoms with van der Waals surface area (Å²) in [6, 6.07) is 10.1. The Hall–Kier alpha value is -2.07. The monoisotopic (exact) mass is 327 g/mol. The molecule has 0 saturated heterocycles. The Labute approximate surface area is 141 Å². The van der Waals surface area contributed by atoms with E-state index in [0.717, 1.165) is 24.3 Å². The zero-order valence-corrected chi connectivity index (χ0v) is 14.3. The molecule has 1 aromatic carbocycles. The Morgan fingerprint density at radius 2 is 2.13 bits per heavy atom. The van der Waals surface area contributed by atoms with Crippen molar-refractivity contribution < 1.29 is 9.53 Å². The summed E-state index contributed by atoms with van der Waals surface area (Å²) in [5.74, 6) is 0.925. The lowest BCUT2D eigenvalue weighted by Gasteiger charge is -2.32. The highest BCUT2D eigenvalue weighted by Crippen LogP contribution is 2.32. The second-order valence-electron chi connectivity index (χ2n) is 5.59. The van der Waals surface area contributed by atoms with Gasteiger partial charge < -0.3 is 9.64 Å². The van der Waals surface area contributed by atoms with E-state index >= 15 is 0 Å². The second kappa shape index (κ2) is 7.01. The number of ether oxygens (including phenoxy) is 1. The van der Waals surface area contributed by atoms with E-state index in [0.29, 0.717) is 6.61 Å². The molecule has 120 valence electrons. The first-order valence-corrected chi connectivity index (χ1v) is 8.85. The van der Waals surface area contributed by atoms with E-state index in [1.54, 1.807) is 17.4 Å². The van der Waals surface area contributed by atoms with Crippen LogP contribution in [0.2, 0.25) is 0 Å². The number of hydrogen-bond donors (Lipinski definition) is 0. The van der Waals surface area contributed by atoms with Crippen LogP contribution in [0.4, 0.5) is 0 Å². The van der Waals surface area contributed by atoms with Crippen LogP contribution in [0.25, 0.3) is 6.08 Å². The number of benzene rings is 1. The molecule has 1 atom stereocenters. The highest BCUT2D eigenvalue weighted by atomic mass is 32.1. The molecule has 0 radical (unpaired) electrons. The van der Waals surface area contributed by atoms with E-state index in [4.69, 9.17) is 4.74 Å². The van der Waals surface area contributed by atoms with Gasteiger partial charge in [-0.25, -0.2) is 0 Å². The molecular formula is C19H21NO2S. The standard InChI is InChI=1S/C19H21NO2S/c1-3-22-16-7-4-15(5-8-16)6-9-19(21)20-12-10-18-17(14(20)2)11-13-23-18/h4-9,11,13-14H,3,10,12H2,1-2H3/b9-6+/t14-/m1/s1. The van der Waals surface area contributed by atoms with Crippen LogP contribution >= 0.6 is 11.3 Å². The molecule has 2 aromatic rings. The van der Waals surface area contributed by atoms with Crippen molar-refractivity contribution in [3.8, 4) is 5.75 Å². The largest absolute Gasteiger partial charge is 0.494 e. The van der Waals surface area contributed by atoms with Crippen molar-refractivity contribution >= 4 is 23.3 Å². The minimum atomic E-state index is 0.0724. The van der Waals surface area contributed by atoms with Gasteiger partial charge in [0.2, 0.25) is 5.91 Å². The maximum absolute atomic E-state index is 12.5. The molecule has 23 heavy (non-hydrogen) atoms. The fraction of sp³-hybridized carbons (Fsp3) is 0.316. The fourth-order valence-corrected chi connectivity index (χ4v) is 3.88. The number of nitrogens with zero attached hydrogens (tertiary/aromatic N) is 1. The molecule has 0 fully saturated rings. The van der Waals surface area contributed by atoms with E-state index in [1.807, 2.05) is 42.2 Å². The van der Waals surface area contributed by atoms with Crippen LogP contribution in [-0.2, 0) is 11.2 Å². The predicted molar refractivity (Wildman–Crippen MR) is 94.8 cm³/mol. The number of amides is 1. The molecule has 0 unspecified atom stereocenters. The van der Waals surface area contributed by atoms with Crippen molar-refractivity contribution in [2.45, 2.75) is 26.3 Å². The van der Waals surface area contributed by atoms with Gasteiger partial charge in [-0.2, -0.15) is 0 Å². The van der Waals surface area contributed by atoms with Crippen molar-refractivity contribution in [3.05, 3.63) is 57.8 Å². The van der Waals surface area contributed by atoms with Crippen molar-refractivity contribution in [1.29, 1.82) is 0 Å². The van der Waals surface area contributed by atoms with Gasteiger partial charge >= 0.3 is 0 Å². The zero-order chi connectivity index (χ0) is 16.2. The van der Waals surface area contributed by atoms with Crippen LogP contribution in [0, 0.1) is 0 Å². The van der Waals surface area contributed by atoms with Gasteiger partial charge in [0.25, 0.3) is 0 Å². The lowest BCUT2D eigenvalue weighted by molar-refractivity contribution is -0.128. The smallest absolute Gasteiger partial charge is 0.247 e. The molecule has 0 spiro atoms. The summed E-state index contributed by atoms with van der Waals surface area (Å²) in [6.45, 7) is 5.52. The number of hydrogen-bond acceptors (Lipinski definition) is 3. The predicted octanol–water partition coefficient (Wildman–Crippen LogP) is 4.31. The quantitative estimate of drug-likeness (QED) is 0.783. The van der Waals surface area contributed by atoms with Crippen LogP contribution in [0.1, 0.15) is 35.9 Å². The van der Waals surface area contributed by atoms with Crippen LogP contribution in [0.3, 0.4) is 0 Å². The summed E-state index contributed by atoms with van der Waals surface area (Å²) >= 11 is 1.79. The molecule has 4 heteroatoms. The summed E-state index contributed by atoms with van der Waals surface area (Å²) < 4.78 is 5.42. The van der Waals surface area contributed by atoms with Gasteiger partial charge in [0, 0.05) is 17.5 Å². The van der Waals surface area contributed by atoms with Gasteiger partial charge in [-0.1, -0.05) is 12.1 Å². The van der Waals surface area contributed by atoms with Gasteiger partial charge in [0.1, 0.15) is 5.75 Å². The van der Waals surface area contributed by atoms with Crippen LogP contribution < -0.4 is 4.74 Å². The summed E-state index contributed by atoms with van der Waals surface area (Å²) in [4.78, 5) is 15.9. The number of fused-ring (bicyclic) bond motifs is 1. The number of carbonyl (C=O) groups is 1. The van der Waals surface area contributed by atoms with Gasteiger partial charge in [0.15, 0.2) is 0 Å². The van der Waals surface area contributed by atoms with E-state index in [9.17, 15) is 4.79 Å². The molecule has 2 heterocycles. The third-order valence-corrected chi connectivity index (χ3v) is 5.17. The van der Waals surface area contributed by atoms with Crippen molar-refractivity contribution in [3.63, 3.8) is 0 Å². The van der Waals surface area contributed by atoms with Crippen LogP contribution in [0.15, 0.2) is 41.8 Å².